The summed E-state index contributed by atoms with van der Waals surface area (Å²) in [5, 5.41) is 4.43. The van der Waals surface area contributed by atoms with E-state index in [1.54, 1.807) is 14.2 Å². The summed E-state index contributed by atoms with van der Waals surface area (Å²) in [6.45, 7) is 11.9. The molecule has 0 saturated carbocycles. The molecule has 1 aromatic carbocycles. The predicted octanol–water partition coefficient (Wildman–Crippen LogP) is 7.46. The topological polar surface area (TPSA) is 43.0 Å². The maximum atomic E-state index is 7.35. The van der Waals surface area contributed by atoms with Crippen LogP contribution in [0, 0.1) is 12.8 Å². The lowest BCUT2D eigenvalue weighted by Crippen LogP contribution is -2.35. The number of hydrogen-bond acceptors (Lipinski definition) is 5. The molecule has 3 aliphatic rings. The van der Waals surface area contributed by atoms with Gasteiger partial charge in [-0.25, -0.2) is 0 Å². The van der Waals surface area contributed by atoms with E-state index in [0.717, 1.165) is 92.6 Å². The van der Waals surface area contributed by atoms with Gasteiger partial charge >= 0.3 is 0 Å². The minimum absolute atomic E-state index is 0.0705. The highest BCUT2D eigenvalue weighted by Crippen LogP contribution is 2.44. The molecule has 0 bridgehead atoms. The third-order valence-corrected chi connectivity index (χ3v) is 8.35. The van der Waals surface area contributed by atoms with Crippen LogP contribution >= 0.6 is 11.6 Å². The van der Waals surface area contributed by atoms with Gasteiger partial charge in [0.15, 0.2) is 0 Å². The van der Waals surface area contributed by atoms with Crippen molar-refractivity contribution in [2.75, 3.05) is 40.5 Å². The maximum absolute atomic E-state index is 7.35. The first-order valence-corrected chi connectivity index (χ1v) is 14.6. The number of methoxy groups -OCH3 is 2. The third kappa shape index (κ3) is 6.00. The lowest BCUT2D eigenvalue weighted by molar-refractivity contribution is 0.0444. The zero-order valence-electron chi connectivity index (χ0n) is 24.1. The van der Waals surface area contributed by atoms with Gasteiger partial charge in [-0.3, -0.25) is 0 Å². The van der Waals surface area contributed by atoms with Crippen molar-refractivity contribution < 1.29 is 14.2 Å². The summed E-state index contributed by atoms with van der Waals surface area (Å²) in [5.74, 6) is 1.25. The Morgan fingerprint density at radius 3 is 2.61 bits per heavy atom. The molecule has 0 aliphatic carbocycles. The number of rotatable bonds is 10. The molecule has 1 saturated heterocycles. The molecule has 2 atom stereocenters. The van der Waals surface area contributed by atoms with Crippen molar-refractivity contribution in [2.24, 2.45) is 5.92 Å². The van der Waals surface area contributed by atoms with Crippen molar-refractivity contribution in [3.8, 4) is 0 Å². The van der Waals surface area contributed by atoms with Gasteiger partial charge in [-0.1, -0.05) is 56.5 Å². The van der Waals surface area contributed by atoms with E-state index in [2.05, 4.69) is 62.2 Å². The van der Waals surface area contributed by atoms with Crippen LogP contribution in [0.5, 0.6) is 0 Å². The first kappa shape index (κ1) is 28.8. The summed E-state index contributed by atoms with van der Waals surface area (Å²) in [7, 11) is 3.56. The number of benzene rings is 1. The monoisotopic (exact) mass is 540 g/mol. The van der Waals surface area contributed by atoms with E-state index in [1.807, 2.05) is 0 Å². The molecule has 5 nitrogen and oxygen atoms in total. The van der Waals surface area contributed by atoms with Gasteiger partial charge in [0.25, 0.3) is 0 Å². The van der Waals surface area contributed by atoms with Crippen LogP contribution in [0.4, 0.5) is 0 Å². The molecule has 0 spiro atoms. The van der Waals surface area contributed by atoms with Crippen LogP contribution in [0.1, 0.15) is 81.2 Å². The zero-order valence-corrected chi connectivity index (χ0v) is 24.8. The quantitative estimate of drug-likeness (QED) is 0.333. The fourth-order valence-electron chi connectivity index (χ4n) is 5.96. The average molecular weight is 541 g/mol. The van der Waals surface area contributed by atoms with Crippen molar-refractivity contribution in [3.05, 3.63) is 74.3 Å². The smallest absolute Gasteiger partial charge is 0.127 e. The molecule has 38 heavy (non-hydrogen) atoms. The molecule has 1 aromatic rings. The van der Waals surface area contributed by atoms with Crippen molar-refractivity contribution in [3.63, 3.8) is 0 Å². The Bertz CT molecular complexity index is 1130. The third-order valence-electron chi connectivity index (χ3n) is 7.94. The fourth-order valence-corrected chi connectivity index (χ4v) is 6.33. The molecule has 2 unspecified atom stereocenters. The first-order chi connectivity index (χ1) is 18.4. The highest BCUT2D eigenvalue weighted by Gasteiger charge is 2.34. The average Bonchev–Trinajstić information content (AvgIpc) is 3.45. The van der Waals surface area contributed by atoms with E-state index in [0.29, 0.717) is 5.92 Å². The SMILES string of the molecule is CCCC=C1NC(C)=CC(OC)=C1CN1CCc2c(C)cc(C(OC)C3CCOC3)c(Cl)c2C1=CCCC. The second-order valence-electron chi connectivity index (χ2n) is 10.7. The summed E-state index contributed by atoms with van der Waals surface area (Å²) < 4.78 is 17.7. The predicted molar refractivity (Wildman–Crippen MR) is 157 cm³/mol. The minimum Gasteiger partial charge on any atom is -0.496 e. The molecule has 208 valence electrons. The van der Waals surface area contributed by atoms with Gasteiger partial charge in [0, 0.05) is 66.5 Å². The van der Waals surface area contributed by atoms with Crippen LogP contribution in [0.3, 0.4) is 0 Å². The number of allylic oxidation sites excluding steroid dienone is 4. The lowest BCUT2D eigenvalue weighted by Gasteiger charge is -2.38. The van der Waals surface area contributed by atoms with Crippen molar-refractivity contribution >= 4 is 17.3 Å². The molecule has 3 aliphatic heterocycles. The molecule has 6 heteroatoms. The Balaban J connectivity index is 1.79. The summed E-state index contributed by atoms with van der Waals surface area (Å²) in [4.78, 5) is 2.50. The van der Waals surface area contributed by atoms with Crippen LogP contribution in [0.25, 0.3) is 5.70 Å². The number of ether oxygens (including phenoxy) is 3. The normalized spacial score (nSPS) is 22.6. The van der Waals surface area contributed by atoms with E-state index in [9.17, 15) is 0 Å². The van der Waals surface area contributed by atoms with Crippen LogP contribution in [0.2, 0.25) is 5.02 Å². The molecular weight excluding hydrogens is 496 g/mol. The molecule has 1 N–H and O–H groups in total. The Hall–Kier alpha value is -2.21. The molecule has 0 radical (unpaired) electrons. The number of aryl methyl sites for hydroxylation is 1. The van der Waals surface area contributed by atoms with Crippen molar-refractivity contribution in [1.29, 1.82) is 0 Å². The molecule has 4 rings (SSSR count). The van der Waals surface area contributed by atoms with Gasteiger partial charge in [0.05, 0.1) is 24.8 Å². The van der Waals surface area contributed by atoms with Gasteiger partial charge in [-0.05, 0) is 56.7 Å². The van der Waals surface area contributed by atoms with Gasteiger partial charge in [-0.2, -0.15) is 0 Å². The highest BCUT2D eigenvalue weighted by molar-refractivity contribution is 6.33. The number of halogens is 1. The van der Waals surface area contributed by atoms with E-state index < -0.39 is 0 Å². The fraction of sp³-hybridized carbons (Fsp3) is 0.562. The van der Waals surface area contributed by atoms with Crippen LogP contribution < -0.4 is 5.32 Å². The van der Waals surface area contributed by atoms with Gasteiger partial charge in [0.2, 0.25) is 0 Å². The van der Waals surface area contributed by atoms with E-state index >= 15 is 0 Å². The van der Waals surface area contributed by atoms with Gasteiger partial charge < -0.3 is 24.4 Å². The molecular formula is C32H45ClN2O3. The second-order valence-corrected chi connectivity index (χ2v) is 11.1. The Morgan fingerprint density at radius 1 is 1.18 bits per heavy atom. The maximum Gasteiger partial charge on any atom is 0.127 e. The summed E-state index contributed by atoms with van der Waals surface area (Å²) in [6.07, 6.45) is 12.9. The Labute approximate surface area is 234 Å². The van der Waals surface area contributed by atoms with E-state index in [-0.39, 0.29) is 6.10 Å². The number of dihydropyridines is 1. The molecule has 0 amide bonds. The minimum atomic E-state index is -0.0705. The molecule has 0 aromatic heterocycles. The number of nitrogens with one attached hydrogen (secondary N) is 1. The Morgan fingerprint density at radius 2 is 1.95 bits per heavy atom. The summed E-state index contributed by atoms with van der Waals surface area (Å²) in [6, 6.07) is 2.26. The zero-order chi connectivity index (χ0) is 27.2. The standard InChI is InChI=1S/C32H45ClN2O3/c1-7-9-11-27-26(29(36-5)18-22(4)34-27)19-35-15-13-24-21(3)17-25(32(37-6)23-14-16-38-20-23)31(33)30(24)28(35)12-10-8-2/h11-12,17-18,23,32,34H,7-10,13-16,19-20H2,1-6H3. The van der Waals surface area contributed by atoms with Gasteiger partial charge in [-0.15, -0.1) is 0 Å². The van der Waals surface area contributed by atoms with Crippen molar-refractivity contribution in [1.82, 2.24) is 10.2 Å². The second kappa shape index (κ2) is 13.2. The molecule has 3 heterocycles. The highest BCUT2D eigenvalue weighted by atomic mass is 35.5. The van der Waals surface area contributed by atoms with Crippen LogP contribution in [0.15, 0.2) is 47.0 Å². The number of hydrogen-bond donors (Lipinski definition) is 1. The number of nitrogens with zero attached hydrogens (tertiary/aromatic N) is 1. The first-order valence-electron chi connectivity index (χ1n) is 14.2. The molecule has 1 fully saturated rings. The summed E-state index contributed by atoms with van der Waals surface area (Å²) >= 11 is 7.35. The summed E-state index contributed by atoms with van der Waals surface area (Å²) in [5.41, 5.74) is 9.59. The number of fused-ring (bicyclic) bond motifs is 1. The van der Waals surface area contributed by atoms with Crippen LogP contribution in [-0.2, 0) is 20.6 Å². The van der Waals surface area contributed by atoms with Gasteiger partial charge in [0.1, 0.15) is 5.76 Å². The largest absolute Gasteiger partial charge is 0.496 e. The number of unbranched alkanes of at least 4 members (excludes halogenated alkanes) is 2. The lowest BCUT2D eigenvalue weighted by atomic mass is 9.85. The van der Waals surface area contributed by atoms with E-state index in [1.165, 1.54) is 28.0 Å². The van der Waals surface area contributed by atoms with Crippen LogP contribution in [-0.4, -0.2) is 45.4 Å². The van der Waals surface area contributed by atoms with E-state index in [4.69, 9.17) is 25.8 Å². The Kier molecular flexibility index (Phi) is 10.0. The van der Waals surface area contributed by atoms with Crippen molar-refractivity contribution in [2.45, 2.75) is 72.3 Å².